The van der Waals surface area contributed by atoms with Crippen LogP contribution in [0.15, 0.2) is 24.3 Å². The third-order valence-electron chi connectivity index (χ3n) is 4.67. The summed E-state index contributed by atoms with van der Waals surface area (Å²) in [6.07, 6.45) is 0. The van der Waals surface area contributed by atoms with E-state index in [0.29, 0.717) is 18.6 Å². The molecule has 1 aromatic carbocycles. The zero-order valence-electron chi connectivity index (χ0n) is 14.3. The van der Waals surface area contributed by atoms with Crippen molar-refractivity contribution in [1.82, 2.24) is 9.80 Å². The maximum atomic E-state index is 6.10. The summed E-state index contributed by atoms with van der Waals surface area (Å²) in [6.45, 7) is 13.1. The fourth-order valence-corrected chi connectivity index (χ4v) is 3.29. The van der Waals surface area contributed by atoms with E-state index in [1.807, 2.05) is 0 Å². The van der Waals surface area contributed by atoms with Gasteiger partial charge in [-0.3, -0.25) is 4.90 Å². The largest absolute Gasteiger partial charge is 0.329 e. The molecule has 0 radical (unpaired) electrons. The summed E-state index contributed by atoms with van der Waals surface area (Å²) in [5.74, 6) is 0. The Hall–Kier alpha value is -0.900. The lowest BCUT2D eigenvalue weighted by Crippen LogP contribution is -2.52. The molecule has 1 fully saturated rings. The average molecular weight is 289 g/mol. The Morgan fingerprint density at radius 2 is 1.81 bits per heavy atom. The Morgan fingerprint density at radius 1 is 1.19 bits per heavy atom. The summed E-state index contributed by atoms with van der Waals surface area (Å²) < 4.78 is 0. The van der Waals surface area contributed by atoms with Crippen molar-refractivity contribution in [2.75, 3.05) is 33.2 Å². The van der Waals surface area contributed by atoms with Crippen LogP contribution in [0.4, 0.5) is 0 Å². The van der Waals surface area contributed by atoms with Gasteiger partial charge in [-0.05, 0) is 30.5 Å². The third kappa shape index (κ3) is 3.85. The first kappa shape index (κ1) is 16.5. The molecule has 0 spiro atoms. The molecule has 3 nitrogen and oxygen atoms in total. The second-order valence-corrected chi connectivity index (χ2v) is 7.47. The van der Waals surface area contributed by atoms with Crippen LogP contribution in [0.5, 0.6) is 0 Å². The fourth-order valence-electron chi connectivity index (χ4n) is 3.29. The molecule has 1 aromatic rings. The van der Waals surface area contributed by atoms with Gasteiger partial charge in [0.2, 0.25) is 0 Å². The molecule has 1 heterocycles. The van der Waals surface area contributed by atoms with Crippen LogP contribution in [-0.4, -0.2) is 49.1 Å². The minimum absolute atomic E-state index is 0.206. The summed E-state index contributed by atoms with van der Waals surface area (Å²) in [6, 6.07) is 9.95. The van der Waals surface area contributed by atoms with Gasteiger partial charge in [0.25, 0.3) is 0 Å². The Bertz CT molecular complexity index is 447. The molecule has 0 aromatic heterocycles. The van der Waals surface area contributed by atoms with Crippen molar-refractivity contribution < 1.29 is 0 Å². The molecule has 2 atom stereocenters. The van der Waals surface area contributed by atoms with Crippen LogP contribution in [0, 0.1) is 0 Å². The van der Waals surface area contributed by atoms with Gasteiger partial charge in [-0.25, -0.2) is 0 Å². The minimum atomic E-state index is 0.206. The van der Waals surface area contributed by atoms with Crippen LogP contribution in [0.3, 0.4) is 0 Å². The van der Waals surface area contributed by atoms with Gasteiger partial charge >= 0.3 is 0 Å². The Labute approximate surface area is 130 Å². The lowest BCUT2D eigenvalue weighted by Gasteiger charge is -2.42. The molecule has 0 saturated carbocycles. The Morgan fingerprint density at radius 3 is 2.29 bits per heavy atom. The van der Waals surface area contributed by atoms with E-state index < -0.39 is 0 Å². The lowest BCUT2D eigenvalue weighted by molar-refractivity contribution is 0.0635. The van der Waals surface area contributed by atoms with Gasteiger partial charge in [0.15, 0.2) is 0 Å². The van der Waals surface area contributed by atoms with E-state index in [0.717, 1.165) is 19.6 Å². The maximum Gasteiger partial charge on any atom is 0.0474 e. The number of piperazine rings is 1. The lowest BCUT2D eigenvalue weighted by atomic mass is 9.86. The predicted octanol–water partition coefficient (Wildman–Crippen LogP) is 2.62. The smallest absolute Gasteiger partial charge is 0.0474 e. The summed E-state index contributed by atoms with van der Waals surface area (Å²) >= 11 is 0. The van der Waals surface area contributed by atoms with Crippen molar-refractivity contribution >= 4 is 0 Å². The number of nitrogens with zero attached hydrogens (tertiary/aromatic N) is 2. The summed E-state index contributed by atoms with van der Waals surface area (Å²) in [4.78, 5) is 4.96. The van der Waals surface area contributed by atoms with Gasteiger partial charge in [-0.2, -0.15) is 0 Å². The number of hydrogen-bond acceptors (Lipinski definition) is 3. The van der Waals surface area contributed by atoms with Crippen molar-refractivity contribution in [2.24, 2.45) is 5.73 Å². The SMILES string of the molecule is CC1CN(C)CCN1C(CN)c1ccc(C(C)(C)C)cc1. The third-order valence-corrected chi connectivity index (χ3v) is 4.67. The van der Waals surface area contributed by atoms with Crippen LogP contribution < -0.4 is 5.73 Å². The van der Waals surface area contributed by atoms with Crippen molar-refractivity contribution in [2.45, 2.75) is 45.2 Å². The molecule has 2 unspecified atom stereocenters. The molecule has 1 aliphatic heterocycles. The summed E-state index contributed by atoms with van der Waals surface area (Å²) in [5.41, 5.74) is 9.04. The molecule has 0 aliphatic carbocycles. The van der Waals surface area contributed by atoms with Gasteiger partial charge in [-0.1, -0.05) is 45.0 Å². The van der Waals surface area contributed by atoms with E-state index in [9.17, 15) is 0 Å². The van der Waals surface area contributed by atoms with Gasteiger partial charge in [0.05, 0.1) is 0 Å². The van der Waals surface area contributed by atoms with Crippen LogP contribution in [0.1, 0.15) is 44.9 Å². The number of hydrogen-bond donors (Lipinski definition) is 1. The zero-order valence-corrected chi connectivity index (χ0v) is 14.3. The van der Waals surface area contributed by atoms with Crippen LogP contribution in [-0.2, 0) is 5.41 Å². The van der Waals surface area contributed by atoms with Gasteiger partial charge in [-0.15, -0.1) is 0 Å². The van der Waals surface area contributed by atoms with E-state index in [1.165, 1.54) is 11.1 Å². The van der Waals surface area contributed by atoms with Crippen molar-refractivity contribution in [3.05, 3.63) is 35.4 Å². The molecule has 3 heteroatoms. The number of benzene rings is 1. The molecule has 1 saturated heterocycles. The Balaban J connectivity index is 2.17. The van der Waals surface area contributed by atoms with Crippen molar-refractivity contribution in [1.29, 1.82) is 0 Å². The molecular formula is C18H31N3. The fraction of sp³-hybridized carbons (Fsp3) is 0.667. The molecule has 2 N–H and O–H groups in total. The first-order valence-electron chi connectivity index (χ1n) is 8.07. The van der Waals surface area contributed by atoms with Crippen LogP contribution >= 0.6 is 0 Å². The number of nitrogens with two attached hydrogens (primary N) is 1. The highest BCUT2D eigenvalue weighted by molar-refractivity contribution is 5.29. The van der Waals surface area contributed by atoms with Crippen LogP contribution in [0.25, 0.3) is 0 Å². The standard InChI is InChI=1S/C18H31N3/c1-14-13-20(5)10-11-21(14)17(12-19)15-6-8-16(9-7-15)18(2,3)4/h6-9,14,17H,10-13,19H2,1-5H3. The molecule has 2 rings (SSSR count). The van der Waals surface area contributed by atoms with Gasteiger partial charge in [0, 0.05) is 38.3 Å². The van der Waals surface area contributed by atoms with Crippen LogP contribution in [0.2, 0.25) is 0 Å². The highest BCUT2D eigenvalue weighted by Gasteiger charge is 2.28. The minimum Gasteiger partial charge on any atom is -0.329 e. The molecule has 21 heavy (non-hydrogen) atoms. The zero-order chi connectivity index (χ0) is 15.6. The normalized spacial score (nSPS) is 23.2. The summed E-state index contributed by atoms with van der Waals surface area (Å²) in [5, 5.41) is 0. The molecule has 0 amide bonds. The molecule has 118 valence electrons. The van der Waals surface area contributed by atoms with Gasteiger partial charge < -0.3 is 10.6 Å². The predicted molar refractivity (Wildman–Crippen MR) is 90.6 cm³/mol. The topological polar surface area (TPSA) is 32.5 Å². The average Bonchev–Trinajstić information content (AvgIpc) is 2.41. The highest BCUT2D eigenvalue weighted by Crippen LogP contribution is 2.27. The quantitative estimate of drug-likeness (QED) is 0.928. The second kappa shape index (κ2) is 6.47. The van der Waals surface area contributed by atoms with E-state index >= 15 is 0 Å². The van der Waals surface area contributed by atoms with E-state index in [-0.39, 0.29) is 5.41 Å². The number of rotatable bonds is 3. The first-order chi connectivity index (χ1) is 9.82. The molecular weight excluding hydrogens is 258 g/mol. The monoisotopic (exact) mass is 289 g/mol. The van der Waals surface area contributed by atoms with Crippen molar-refractivity contribution in [3.63, 3.8) is 0 Å². The first-order valence-corrected chi connectivity index (χ1v) is 8.07. The number of likely N-dealkylation sites (N-methyl/N-ethyl adjacent to an activating group) is 1. The molecule has 1 aliphatic rings. The second-order valence-electron chi connectivity index (χ2n) is 7.47. The van der Waals surface area contributed by atoms with E-state index in [2.05, 4.69) is 68.8 Å². The highest BCUT2D eigenvalue weighted by atomic mass is 15.3. The summed E-state index contributed by atoms with van der Waals surface area (Å²) in [7, 11) is 2.20. The molecule has 0 bridgehead atoms. The van der Waals surface area contributed by atoms with E-state index in [1.54, 1.807) is 0 Å². The van der Waals surface area contributed by atoms with Gasteiger partial charge in [0.1, 0.15) is 0 Å². The Kier molecular flexibility index (Phi) is 5.07. The van der Waals surface area contributed by atoms with E-state index in [4.69, 9.17) is 5.73 Å². The van der Waals surface area contributed by atoms with Crippen molar-refractivity contribution in [3.8, 4) is 0 Å². The maximum absolute atomic E-state index is 6.10.